The number of nitrogens with two attached hydrogens (primary N) is 1. The van der Waals surface area contributed by atoms with Gasteiger partial charge in [-0.3, -0.25) is 0 Å². The molecule has 0 aliphatic rings. The highest BCUT2D eigenvalue weighted by atomic mass is 79.9. The van der Waals surface area contributed by atoms with Crippen molar-refractivity contribution in [3.05, 3.63) is 52.8 Å². The van der Waals surface area contributed by atoms with Crippen LogP contribution in [0, 0.1) is 5.82 Å². The summed E-state index contributed by atoms with van der Waals surface area (Å²) in [6.07, 6.45) is 0. The van der Waals surface area contributed by atoms with Gasteiger partial charge in [0.25, 0.3) is 0 Å². The molecule has 0 aliphatic carbocycles. The molecule has 0 spiro atoms. The highest BCUT2D eigenvalue weighted by Crippen LogP contribution is 2.27. The van der Waals surface area contributed by atoms with Gasteiger partial charge in [0.15, 0.2) is 0 Å². The van der Waals surface area contributed by atoms with Gasteiger partial charge in [-0.25, -0.2) is 4.39 Å². The zero-order chi connectivity index (χ0) is 11.5. The normalized spacial score (nSPS) is 10.1. The van der Waals surface area contributed by atoms with Crippen LogP contribution in [-0.4, -0.2) is 0 Å². The Morgan fingerprint density at radius 3 is 2.56 bits per heavy atom. The number of hydrogen-bond acceptors (Lipinski definition) is 2. The second-order valence-electron chi connectivity index (χ2n) is 3.34. The van der Waals surface area contributed by atoms with Crippen LogP contribution < -0.4 is 11.1 Å². The van der Waals surface area contributed by atoms with Crippen molar-refractivity contribution in [2.45, 2.75) is 0 Å². The van der Waals surface area contributed by atoms with Crippen molar-refractivity contribution in [2.24, 2.45) is 0 Å². The fraction of sp³-hybridized carbons (Fsp3) is 0. The van der Waals surface area contributed by atoms with Crippen LogP contribution in [0.4, 0.5) is 21.5 Å². The van der Waals surface area contributed by atoms with Gasteiger partial charge in [-0.2, -0.15) is 0 Å². The molecule has 0 heterocycles. The van der Waals surface area contributed by atoms with Crippen LogP contribution >= 0.6 is 15.9 Å². The Morgan fingerprint density at radius 2 is 1.81 bits per heavy atom. The molecule has 0 fully saturated rings. The second kappa shape index (κ2) is 4.53. The second-order valence-corrected chi connectivity index (χ2v) is 4.25. The van der Waals surface area contributed by atoms with Crippen LogP contribution in [0.5, 0.6) is 0 Å². The van der Waals surface area contributed by atoms with Crippen LogP contribution in [0.2, 0.25) is 0 Å². The van der Waals surface area contributed by atoms with Crippen molar-refractivity contribution in [1.29, 1.82) is 0 Å². The molecular weight excluding hydrogens is 271 g/mol. The average Bonchev–Trinajstić information content (AvgIpc) is 2.27. The number of rotatable bonds is 2. The standard InChI is InChI=1S/C12H10BrFN2/c13-8-5-6-10(15)12(7-8)16-11-4-2-1-3-9(11)14/h1-7,16H,15H2. The number of benzene rings is 2. The maximum Gasteiger partial charge on any atom is 0.146 e. The van der Waals surface area contributed by atoms with E-state index in [1.165, 1.54) is 6.07 Å². The van der Waals surface area contributed by atoms with E-state index in [9.17, 15) is 4.39 Å². The van der Waals surface area contributed by atoms with Gasteiger partial charge in [0.2, 0.25) is 0 Å². The van der Waals surface area contributed by atoms with E-state index in [0.717, 1.165) is 4.47 Å². The summed E-state index contributed by atoms with van der Waals surface area (Å²) >= 11 is 3.34. The zero-order valence-corrected chi connectivity index (χ0v) is 9.96. The smallest absolute Gasteiger partial charge is 0.146 e. The molecule has 2 aromatic rings. The molecule has 2 nitrogen and oxygen atoms in total. The van der Waals surface area contributed by atoms with E-state index < -0.39 is 0 Å². The molecule has 0 saturated heterocycles. The Hall–Kier alpha value is -1.55. The lowest BCUT2D eigenvalue weighted by Gasteiger charge is -2.10. The fourth-order valence-electron chi connectivity index (χ4n) is 1.34. The molecule has 0 unspecified atom stereocenters. The van der Waals surface area contributed by atoms with Crippen LogP contribution in [-0.2, 0) is 0 Å². The molecule has 82 valence electrons. The van der Waals surface area contributed by atoms with Crippen LogP contribution in [0.3, 0.4) is 0 Å². The van der Waals surface area contributed by atoms with Gasteiger partial charge < -0.3 is 11.1 Å². The first-order valence-electron chi connectivity index (χ1n) is 4.73. The Kier molecular flexibility index (Phi) is 3.10. The maximum absolute atomic E-state index is 13.4. The third-order valence-electron chi connectivity index (χ3n) is 2.16. The molecule has 4 heteroatoms. The third-order valence-corrected chi connectivity index (χ3v) is 2.65. The fourth-order valence-corrected chi connectivity index (χ4v) is 1.71. The van der Waals surface area contributed by atoms with Crippen molar-refractivity contribution in [3.8, 4) is 0 Å². The van der Waals surface area contributed by atoms with Crippen molar-refractivity contribution >= 4 is 33.0 Å². The summed E-state index contributed by atoms with van der Waals surface area (Å²) in [4.78, 5) is 0. The van der Waals surface area contributed by atoms with E-state index in [0.29, 0.717) is 17.1 Å². The molecule has 3 N–H and O–H groups in total. The van der Waals surface area contributed by atoms with E-state index in [2.05, 4.69) is 21.2 Å². The lowest BCUT2D eigenvalue weighted by Crippen LogP contribution is -1.97. The predicted molar refractivity (Wildman–Crippen MR) is 68.2 cm³/mol. The van der Waals surface area contributed by atoms with E-state index in [4.69, 9.17) is 5.73 Å². The van der Waals surface area contributed by atoms with Gasteiger partial charge in [-0.05, 0) is 30.3 Å². The summed E-state index contributed by atoms with van der Waals surface area (Å²) in [5.74, 6) is -0.304. The Balaban J connectivity index is 2.34. The molecule has 0 bridgehead atoms. The Labute approximate surface area is 101 Å². The molecule has 2 rings (SSSR count). The average molecular weight is 281 g/mol. The lowest BCUT2D eigenvalue weighted by atomic mass is 10.2. The maximum atomic E-state index is 13.4. The summed E-state index contributed by atoms with van der Waals surface area (Å²) in [5.41, 5.74) is 7.45. The van der Waals surface area contributed by atoms with Gasteiger partial charge >= 0.3 is 0 Å². The monoisotopic (exact) mass is 280 g/mol. The topological polar surface area (TPSA) is 38.0 Å². The largest absolute Gasteiger partial charge is 0.397 e. The first-order chi connectivity index (χ1) is 7.66. The summed E-state index contributed by atoms with van der Waals surface area (Å²) in [6, 6.07) is 11.9. The van der Waals surface area contributed by atoms with Crippen LogP contribution in [0.15, 0.2) is 46.9 Å². The van der Waals surface area contributed by atoms with E-state index in [1.54, 1.807) is 24.3 Å². The molecule has 0 amide bonds. The molecule has 0 atom stereocenters. The number of para-hydroxylation sites is 1. The number of hydrogen-bond donors (Lipinski definition) is 2. The van der Waals surface area contributed by atoms with Gasteiger partial charge in [-0.15, -0.1) is 0 Å². The van der Waals surface area contributed by atoms with Crippen LogP contribution in [0.1, 0.15) is 0 Å². The Bertz CT molecular complexity index is 514. The quantitative estimate of drug-likeness (QED) is 0.819. The number of halogens is 2. The molecule has 2 aromatic carbocycles. The summed E-state index contributed by atoms with van der Waals surface area (Å²) < 4.78 is 14.3. The molecular formula is C12H10BrFN2. The van der Waals surface area contributed by atoms with Crippen molar-refractivity contribution in [3.63, 3.8) is 0 Å². The minimum atomic E-state index is -0.304. The van der Waals surface area contributed by atoms with Crippen molar-refractivity contribution < 1.29 is 4.39 Å². The number of anilines is 3. The summed E-state index contributed by atoms with van der Waals surface area (Å²) in [7, 11) is 0. The van der Waals surface area contributed by atoms with Crippen LogP contribution in [0.25, 0.3) is 0 Å². The SMILES string of the molecule is Nc1ccc(Br)cc1Nc1ccccc1F. The highest BCUT2D eigenvalue weighted by molar-refractivity contribution is 9.10. The van der Waals surface area contributed by atoms with Gasteiger partial charge in [0.1, 0.15) is 5.82 Å². The zero-order valence-electron chi connectivity index (χ0n) is 8.37. The minimum Gasteiger partial charge on any atom is -0.397 e. The summed E-state index contributed by atoms with van der Waals surface area (Å²) in [5, 5.41) is 2.95. The molecule has 16 heavy (non-hydrogen) atoms. The van der Waals surface area contributed by atoms with E-state index >= 15 is 0 Å². The molecule has 0 aliphatic heterocycles. The summed E-state index contributed by atoms with van der Waals surface area (Å²) in [6.45, 7) is 0. The first kappa shape index (κ1) is 11.0. The van der Waals surface area contributed by atoms with Crippen molar-refractivity contribution in [1.82, 2.24) is 0 Å². The predicted octanol–water partition coefficient (Wildman–Crippen LogP) is 3.91. The highest BCUT2D eigenvalue weighted by Gasteiger charge is 2.04. The lowest BCUT2D eigenvalue weighted by molar-refractivity contribution is 0.632. The van der Waals surface area contributed by atoms with E-state index in [-0.39, 0.29) is 5.82 Å². The molecule has 0 radical (unpaired) electrons. The number of nitrogens with one attached hydrogen (secondary N) is 1. The first-order valence-corrected chi connectivity index (χ1v) is 5.53. The number of nitrogen functional groups attached to an aromatic ring is 1. The van der Waals surface area contributed by atoms with Gasteiger partial charge in [0, 0.05) is 4.47 Å². The van der Waals surface area contributed by atoms with Gasteiger partial charge in [-0.1, -0.05) is 28.1 Å². The van der Waals surface area contributed by atoms with Gasteiger partial charge in [0.05, 0.1) is 17.1 Å². The molecule has 0 aromatic heterocycles. The molecule has 0 saturated carbocycles. The van der Waals surface area contributed by atoms with Crippen molar-refractivity contribution in [2.75, 3.05) is 11.1 Å². The third kappa shape index (κ3) is 2.33. The van der Waals surface area contributed by atoms with E-state index in [1.807, 2.05) is 12.1 Å². The Morgan fingerprint density at radius 1 is 1.06 bits per heavy atom. The minimum absolute atomic E-state index is 0.304.